The van der Waals surface area contributed by atoms with E-state index in [0.29, 0.717) is 5.92 Å². The topological polar surface area (TPSA) is 9.23 Å². The van der Waals surface area contributed by atoms with Crippen molar-refractivity contribution in [3.8, 4) is 0 Å². The quantitative estimate of drug-likeness (QED) is 0.612. The van der Waals surface area contributed by atoms with Crippen LogP contribution in [0.25, 0.3) is 0 Å². The average molecular weight is 196 g/mol. The minimum atomic E-state index is -1.43. The van der Waals surface area contributed by atoms with Gasteiger partial charge in [-0.05, 0) is 44.6 Å². The van der Waals surface area contributed by atoms with E-state index in [-0.39, 0.29) is 0 Å². The van der Waals surface area contributed by atoms with Crippen LogP contribution < -0.4 is 0 Å². The van der Waals surface area contributed by atoms with E-state index in [4.69, 9.17) is 4.43 Å². The summed E-state index contributed by atoms with van der Waals surface area (Å²) in [6.45, 7) is 13.2. The van der Waals surface area contributed by atoms with Gasteiger partial charge in [0, 0.05) is 5.92 Å². The van der Waals surface area contributed by atoms with E-state index < -0.39 is 8.32 Å². The summed E-state index contributed by atoms with van der Waals surface area (Å²) in [5.41, 5.74) is 2.72. The first kappa shape index (κ1) is 10.6. The fraction of sp³-hybridized carbons (Fsp3) is 0.636. The summed E-state index contributed by atoms with van der Waals surface area (Å²) in [6.07, 6.45) is 2.28. The van der Waals surface area contributed by atoms with E-state index in [2.05, 4.69) is 46.5 Å². The molecule has 0 aliphatic heterocycles. The second-order valence-corrected chi connectivity index (χ2v) is 9.27. The molecule has 1 atom stereocenters. The zero-order valence-corrected chi connectivity index (χ0v) is 10.6. The molecule has 74 valence electrons. The highest BCUT2D eigenvalue weighted by Gasteiger charge is 2.25. The Morgan fingerprint density at radius 2 is 1.77 bits per heavy atom. The van der Waals surface area contributed by atoms with Gasteiger partial charge < -0.3 is 4.43 Å². The Kier molecular flexibility index (Phi) is 2.71. The summed E-state index contributed by atoms with van der Waals surface area (Å²) >= 11 is 0. The highest BCUT2D eigenvalue weighted by Crippen LogP contribution is 2.32. The summed E-state index contributed by atoms with van der Waals surface area (Å²) in [7, 11) is -1.43. The van der Waals surface area contributed by atoms with E-state index in [1.165, 1.54) is 16.9 Å². The van der Waals surface area contributed by atoms with Crippen LogP contribution in [0.2, 0.25) is 19.6 Å². The predicted octanol–water partition coefficient (Wildman–Crippen LogP) is 3.71. The third kappa shape index (κ3) is 2.47. The van der Waals surface area contributed by atoms with Gasteiger partial charge in [-0.3, -0.25) is 0 Å². The second kappa shape index (κ2) is 3.33. The lowest BCUT2D eigenvalue weighted by Crippen LogP contribution is -2.26. The molecule has 0 saturated carbocycles. The summed E-state index contributed by atoms with van der Waals surface area (Å²) < 4.78 is 6.06. The molecule has 1 rings (SSSR count). The molecule has 1 aliphatic carbocycles. The van der Waals surface area contributed by atoms with Crippen molar-refractivity contribution in [3.63, 3.8) is 0 Å². The lowest BCUT2D eigenvalue weighted by Gasteiger charge is -2.23. The molecular weight excluding hydrogens is 176 g/mol. The second-order valence-electron chi connectivity index (χ2n) is 4.84. The first-order valence-corrected chi connectivity index (χ1v) is 8.30. The molecule has 0 aromatic heterocycles. The van der Waals surface area contributed by atoms with Crippen LogP contribution in [0.5, 0.6) is 0 Å². The zero-order valence-electron chi connectivity index (χ0n) is 9.56. The molecule has 0 spiro atoms. The van der Waals surface area contributed by atoms with Gasteiger partial charge in [0.2, 0.25) is 8.32 Å². The van der Waals surface area contributed by atoms with Gasteiger partial charge in [-0.25, -0.2) is 0 Å². The smallest absolute Gasteiger partial charge is 0.241 e. The lowest BCUT2D eigenvalue weighted by molar-refractivity contribution is 0.377. The molecule has 2 heteroatoms. The Balaban J connectivity index is 2.83. The Bertz CT molecular complexity index is 268. The minimum Gasteiger partial charge on any atom is -0.547 e. The van der Waals surface area contributed by atoms with Crippen molar-refractivity contribution in [1.82, 2.24) is 0 Å². The summed E-state index contributed by atoms with van der Waals surface area (Å²) in [5.74, 6) is 1.68. The molecular formula is C11H20OSi. The van der Waals surface area contributed by atoms with Crippen molar-refractivity contribution in [2.75, 3.05) is 0 Å². The van der Waals surface area contributed by atoms with Crippen molar-refractivity contribution in [2.24, 2.45) is 5.92 Å². The van der Waals surface area contributed by atoms with Gasteiger partial charge in [0.1, 0.15) is 0 Å². The molecule has 0 saturated heterocycles. The molecule has 0 aromatic rings. The van der Waals surface area contributed by atoms with Gasteiger partial charge in [-0.1, -0.05) is 13.0 Å². The van der Waals surface area contributed by atoms with Crippen LogP contribution in [-0.4, -0.2) is 8.32 Å². The molecule has 0 amide bonds. The third-order valence-corrected chi connectivity index (χ3v) is 3.12. The van der Waals surface area contributed by atoms with E-state index >= 15 is 0 Å². The molecule has 0 radical (unpaired) electrons. The van der Waals surface area contributed by atoms with Crippen LogP contribution in [-0.2, 0) is 4.43 Å². The van der Waals surface area contributed by atoms with Crippen LogP contribution in [0.15, 0.2) is 23.0 Å². The number of hydrogen-bond acceptors (Lipinski definition) is 1. The Morgan fingerprint density at radius 3 is 2.08 bits per heavy atom. The van der Waals surface area contributed by atoms with Crippen LogP contribution in [0.1, 0.15) is 20.8 Å². The monoisotopic (exact) mass is 196 g/mol. The minimum absolute atomic E-state index is 0.478. The maximum absolute atomic E-state index is 6.06. The Hall–Kier alpha value is -0.503. The molecule has 0 bridgehead atoms. The molecule has 1 aliphatic rings. The molecule has 0 aromatic carbocycles. The van der Waals surface area contributed by atoms with Crippen molar-refractivity contribution in [2.45, 2.75) is 40.4 Å². The van der Waals surface area contributed by atoms with E-state index in [9.17, 15) is 0 Å². The van der Waals surface area contributed by atoms with Gasteiger partial charge in [-0.2, -0.15) is 0 Å². The summed E-state index contributed by atoms with van der Waals surface area (Å²) in [4.78, 5) is 0. The van der Waals surface area contributed by atoms with Gasteiger partial charge >= 0.3 is 0 Å². The maximum atomic E-state index is 6.06. The summed E-state index contributed by atoms with van der Waals surface area (Å²) in [5, 5.41) is 0. The molecule has 0 fully saturated rings. The fourth-order valence-corrected chi connectivity index (χ4v) is 2.61. The standard InChI is InChI=1S/C11H20OSi/c1-8-7-9(2)11(10(8)3)12-13(4,5)6/h7,9H,1-6H3. The number of allylic oxidation sites excluding steroid dienone is 3. The largest absolute Gasteiger partial charge is 0.547 e. The fourth-order valence-electron chi connectivity index (χ4n) is 1.61. The SMILES string of the molecule is CC1=CC(C)C(O[Si](C)(C)C)=C1C. The van der Waals surface area contributed by atoms with Crippen LogP contribution in [0, 0.1) is 5.92 Å². The number of hydrogen-bond donors (Lipinski definition) is 0. The maximum Gasteiger partial charge on any atom is 0.241 e. The van der Waals surface area contributed by atoms with Crippen LogP contribution in [0.4, 0.5) is 0 Å². The van der Waals surface area contributed by atoms with Crippen LogP contribution >= 0.6 is 0 Å². The Labute approximate surface area is 82.6 Å². The molecule has 13 heavy (non-hydrogen) atoms. The first-order valence-electron chi connectivity index (χ1n) is 4.90. The van der Waals surface area contributed by atoms with E-state index in [1.807, 2.05) is 0 Å². The number of rotatable bonds is 2. The predicted molar refractivity (Wildman–Crippen MR) is 60.1 cm³/mol. The Morgan fingerprint density at radius 1 is 1.23 bits per heavy atom. The van der Waals surface area contributed by atoms with Crippen molar-refractivity contribution < 1.29 is 4.43 Å². The molecule has 0 heterocycles. The van der Waals surface area contributed by atoms with Gasteiger partial charge in [-0.15, -0.1) is 0 Å². The average Bonchev–Trinajstić information content (AvgIpc) is 2.14. The van der Waals surface area contributed by atoms with Crippen molar-refractivity contribution >= 4 is 8.32 Å². The van der Waals surface area contributed by atoms with Gasteiger partial charge in [0.15, 0.2) is 0 Å². The van der Waals surface area contributed by atoms with Crippen LogP contribution in [0.3, 0.4) is 0 Å². The first-order chi connectivity index (χ1) is 5.81. The molecule has 1 nitrogen and oxygen atoms in total. The molecule has 0 N–H and O–H groups in total. The lowest BCUT2D eigenvalue weighted by atomic mass is 10.2. The van der Waals surface area contributed by atoms with Gasteiger partial charge in [0.05, 0.1) is 5.76 Å². The van der Waals surface area contributed by atoms with Crippen molar-refractivity contribution in [1.29, 1.82) is 0 Å². The molecule has 1 unspecified atom stereocenters. The highest BCUT2D eigenvalue weighted by atomic mass is 28.4. The zero-order chi connectivity index (χ0) is 10.2. The van der Waals surface area contributed by atoms with Gasteiger partial charge in [0.25, 0.3) is 0 Å². The van der Waals surface area contributed by atoms with Crippen molar-refractivity contribution in [3.05, 3.63) is 23.0 Å². The van der Waals surface area contributed by atoms with E-state index in [0.717, 1.165) is 0 Å². The summed E-state index contributed by atoms with van der Waals surface area (Å²) in [6, 6.07) is 0. The highest BCUT2D eigenvalue weighted by molar-refractivity contribution is 6.70. The normalized spacial score (nSPS) is 23.5. The third-order valence-electron chi connectivity index (χ3n) is 2.29. The van der Waals surface area contributed by atoms with E-state index in [1.54, 1.807) is 0 Å².